The van der Waals surface area contributed by atoms with Gasteiger partial charge < -0.3 is 0 Å². The van der Waals surface area contributed by atoms with Crippen molar-refractivity contribution in [1.82, 2.24) is 14.8 Å². The first-order valence-electron chi connectivity index (χ1n) is 6.42. The van der Waals surface area contributed by atoms with Crippen molar-refractivity contribution in [3.63, 3.8) is 0 Å². The van der Waals surface area contributed by atoms with Crippen LogP contribution in [0.3, 0.4) is 0 Å². The fourth-order valence-electron chi connectivity index (χ4n) is 2.03. The molecule has 0 atom stereocenters. The van der Waals surface area contributed by atoms with Gasteiger partial charge in [0.05, 0.1) is 16.9 Å². The van der Waals surface area contributed by atoms with E-state index in [0.717, 1.165) is 17.5 Å². The van der Waals surface area contributed by atoms with Crippen LogP contribution in [-0.4, -0.2) is 21.1 Å². The number of hydrogen-bond donors (Lipinski definition) is 0. The molecule has 0 radical (unpaired) electrons. The summed E-state index contributed by atoms with van der Waals surface area (Å²) in [7, 11) is 0. The van der Waals surface area contributed by atoms with Gasteiger partial charge in [0, 0.05) is 17.4 Å². The molecule has 0 amide bonds. The molecule has 104 valence electrons. The third-order valence-corrected chi connectivity index (χ3v) is 3.60. The van der Waals surface area contributed by atoms with E-state index in [1.54, 1.807) is 17.1 Å². The molecule has 0 saturated carbocycles. The molecular weight excluding hydrogens is 286 g/mol. The summed E-state index contributed by atoms with van der Waals surface area (Å²) in [6.45, 7) is 1.94. The van der Waals surface area contributed by atoms with Gasteiger partial charge in [-0.2, -0.15) is 5.10 Å². The molecular formula is C16H12ClN3O. The SMILES string of the molecule is Cc1ccc(-n2cc(C=O)c(-c3ccccn3)n2)cc1Cl. The van der Waals surface area contributed by atoms with Gasteiger partial charge in [-0.25, -0.2) is 4.68 Å². The second-order valence-electron chi connectivity index (χ2n) is 4.64. The van der Waals surface area contributed by atoms with Crippen LogP contribution in [0.5, 0.6) is 0 Å². The Morgan fingerprint density at radius 1 is 1.24 bits per heavy atom. The van der Waals surface area contributed by atoms with Gasteiger partial charge in [-0.05, 0) is 36.8 Å². The lowest BCUT2D eigenvalue weighted by Gasteiger charge is -2.03. The molecule has 3 aromatic rings. The van der Waals surface area contributed by atoms with Crippen molar-refractivity contribution in [2.24, 2.45) is 0 Å². The molecule has 0 aliphatic carbocycles. The number of carbonyl (C=O) groups excluding carboxylic acids is 1. The number of aldehydes is 1. The summed E-state index contributed by atoms with van der Waals surface area (Å²) in [4.78, 5) is 15.5. The zero-order valence-corrected chi connectivity index (χ0v) is 12.1. The first kappa shape index (κ1) is 13.5. The van der Waals surface area contributed by atoms with Crippen LogP contribution in [0.15, 0.2) is 48.8 Å². The number of rotatable bonds is 3. The Balaban J connectivity index is 2.11. The van der Waals surface area contributed by atoms with Gasteiger partial charge in [0.2, 0.25) is 0 Å². The standard InChI is InChI=1S/C16H12ClN3O/c1-11-5-6-13(8-14(11)17)20-9-12(10-21)16(19-20)15-4-2-3-7-18-15/h2-10H,1H3. The van der Waals surface area contributed by atoms with Crippen LogP contribution in [0, 0.1) is 6.92 Å². The maximum absolute atomic E-state index is 11.3. The van der Waals surface area contributed by atoms with Crippen LogP contribution in [0.4, 0.5) is 0 Å². The van der Waals surface area contributed by atoms with Gasteiger partial charge in [0.25, 0.3) is 0 Å². The van der Waals surface area contributed by atoms with Crippen LogP contribution >= 0.6 is 11.6 Å². The van der Waals surface area contributed by atoms with Gasteiger partial charge in [-0.1, -0.05) is 23.7 Å². The average molecular weight is 298 g/mol. The number of carbonyl (C=O) groups is 1. The van der Waals surface area contributed by atoms with E-state index in [1.807, 2.05) is 43.3 Å². The van der Waals surface area contributed by atoms with Gasteiger partial charge >= 0.3 is 0 Å². The lowest BCUT2D eigenvalue weighted by atomic mass is 10.2. The van der Waals surface area contributed by atoms with Crippen molar-refractivity contribution in [1.29, 1.82) is 0 Å². The molecule has 0 spiro atoms. The van der Waals surface area contributed by atoms with Crippen molar-refractivity contribution in [3.8, 4) is 17.1 Å². The number of nitrogens with zero attached hydrogens (tertiary/aromatic N) is 3. The quantitative estimate of drug-likeness (QED) is 0.692. The summed E-state index contributed by atoms with van der Waals surface area (Å²) in [5.74, 6) is 0. The van der Waals surface area contributed by atoms with Crippen molar-refractivity contribution >= 4 is 17.9 Å². The number of aromatic nitrogens is 3. The van der Waals surface area contributed by atoms with Gasteiger partial charge in [0.1, 0.15) is 5.69 Å². The van der Waals surface area contributed by atoms with Crippen LogP contribution < -0.4 is 0 Å². The summed E-state index contributed by atoms with van der Waals surface area (Å²) in [6, 6.07) is 11.1. The Bertz CT molecular complexity index is 797. The van der Waals surface area contributed by atoms with Crippen LogP contribution in [0.25, 0.3) is 17.1 Å². The molecule has 1 aromatic carbocycles. The topological polar surface area (TPSA) is 47.8 Å². The Kier molecular flexibility index (Phi) is 3.54. The highest BCUT2D eigenvalue weighted by atomic mass is 35.5. The zero-order valence-electron chi connectivity index (χ0n) is 11.3. The van der Waals surface area contributed by atoms with Crippen LogP contribution in [-0.2, 0) is 0 Å². The first-order chi connectivity index (χ1) is 10.2. The molecule has 0 unspecified atom stereocenters. The summed E-state index contributed by atoms with van der Waals surface area (Å²) < 4.78 is 1.64. The number of aryl methyl sites for hydroxylation is 1. The lowest BCUT2D eigenvalue weighted by Crippen LogP contribution is -1.95. The highest BCUT2D eigenvalue weighted by Gasteiger charge is 2.12. The molecule has 5 heteroatoms. The molecule has 0 saturated heterocycles. The minimum atomic E-state index is 0.491. The molecule has 4 nitrogen and oxygen atoms in total. The Labute approximate surface area is 127 Å². The number of pyridine rings is 1. The zero-order chi connectivity index (χ0) is 14.8. The molecule has 3 rings (SSSR count). The minimum absolute atomic E-state index is 0.491. The van der Waals surface area contributed by atoms with E-state index in [0.29, 0.717) is 22.0 Å². The monoisotopic (exact) mass is 297 g/mol. The third-order valence-electron chi connectivity index (χ3n) is 3.20. The van der Waals surface area contributed by atoms with Crippen molar-refractivity contribution in [2.75, 3.05) is 0 Å². The normalized spacial score (nSPS) is 10.6. The molecule has 0 aliphatic heterocycles. The van der Waals surface area contributed by atoms with E-state index >= 15 is 0 Å². The van der Waals surface area contributed by atoms with E-state index in [-0.39, 0.29) is 0 Å². The Hall–Kier alpha value is -2.46. The van der Waals surface area contributed by atoms with E-state index in [9.17, 15) is 4.79 Å². The first-order valence-corrected chi connectivity index (χ1v) is 6.79. The third kappa shape index (κ3) is 2.58. The number of hydrogen-bond acceptors (Lipinski definition) is 3. The summed E-state index contributed by atoms with van der Waals surface area (Å²) in [6.07, 6.45) is 4.13. The molecule has 0 aliphatic rings. The number of halogens is 1. The molecule has 0 fully saturated rings. The van der Waals surface area contributed by atoms with Crippen LogP contribution in [0.2, 0.25) is 5.02 Å². The van der Waals surface area contributed by atoms with E-state index < -0.39 is 0 Å². The fraction of sp³-hybridized carbons (Fsp3) is 0.0625. The molecule has 21 heavy (non-hydrogen) atoms. The van der Waals surface area contributed by atoms with Gasteiger partial charge in [0.15, 0.2) is 6.29 Å². The van der Waals surface area contributed by atoms with Crippen molar-refractivity contribution < 1.29 is 4.79 Å². The van der Waals surface area contributed by atoms with Gasteiger partial charge in [-0.15, -0.1) is 0 Å². The summed E-state index contributed by atoms with van der Waals surface area (Å²) in [5, 5.41) is 5.12. The predicted octanol–water partition coefficient (Wildman–Crippen LogP) is 3.71. The largest absolute Gasteiger partial charge is 0.298 e. The second kappa shape index (κ2) is 5.50. The van der Waals surface area contributed by atoms with Crippen molar-refractivity contribution in [3.05, 3.63) is 64.9 Å². The second-order valence-corrected chi connectivity index (χ2v) is 5.05. The highest BCUT2D eigenvalue weighted by molar-refractivity contribution is 6.31. The lowest BCUT2D eigenvalue weighted by molar-refractivity contribution is 0.112. The molecule has 0 bridgehead atoms. The maximum atomic E-state index is 11.3. The summed E-state index contributed by atoms with van der Waals surface area (Å²) in [5.41, 5.74) is 3.51. The van der Waals surface area contributed by atoms with Crippen molar-refractivity contribution in [2.45, 2.75) is 6.92 Å². The minimum Gasteiger partial charge on any atom is -0.298 e. The average Bonchev–Trinajstić information content (AvgIpc) is 2.95. The van der Waals surface area contributed by atoms with E-state index in [4.69, 9.17) is 11.6 Å². The summed E-state index contributed by atoms with van der Waals surface area (Å²) >= 11 is 6.14. The van der Waals surface area contributed by atoms with E-state index in [2.05, 4.69) is 10.1 Å². The predicted molar refractivity (Wildman–Crippen MR) is 81.9 cm³/mol. The molecule has 0 N–H and O–H groups in total. The fourth-order valence-corrected chi connectivity index (χ4v) is 2.21. The number of benzene rings is 1. The Morgan fingerprint density at radius 2 is 2.10 bits per heavy atom. The highest BCUT2D eigenvalue weighted by Crippen LogP contribution is 2.23. The smallest absolute Gasteiger partial charge is 0.153 e. The maximum Gasteiger partial charge on any atom is 0.153 e. The molecule has 2 aromatic heterocycles. The van der Waals surface area contributed by atoms with E-state index in [1.165, 1.54) is 0 Å². The van der Waals surface area contributed by atoms with Gasteiger partial charge in [-0.3, -0.25) is 9.78 Å². The Morgan fingerprint density at radius 3 is 2.76 bits per heavy atom. The van der Waals surface area contributed by atoms with Crippen LogP contribution in [0.1, 0.15) is 15.9 Å². The molecule has 2 heterocycles.